The molecule has 0 unspecified atom stereocenters. The molecule has 4 heterocycles. The second-order valence-corrected chi connectivity index (χ2v) is 24.1. The van der Waals surface area contributed by atoms with Gasteiger partial charge in [0.25, 0.3) is 0 Å². The molecule has 75 heavy (non-hydrogen) atoms. The predicted molar refractivity (Wildman–Crippen MR) is 312 cm³/mol. The first-order valence-electron chi connectivity index (χ1n) is 27.0. The molecule has 0 radical (unpaired) electrons. The van der Waals surface area contributed by atoms with E-state index in [4.69, 9.17) is 0 Å². The van der Waals surface area contributed by atoms with E-state index in [1.165, 1.54) is 134 Å². The number of nitrogens with zero attached hydrogens (tertiary/aromatic N) is 2. The van der Waals surface area contributed by atoms with Crippen molar-refractivity contribution in [1.29, 1.82) is 0 Å². The first-order chi connectivity index (χ1) is 36.2. The Balaban J connectivity index is 0.964. The van der Waals surface area contributed by atoms with Gasteiger partial charge in [0.1, 0.15) is 0 Å². The highest BCUT2D eigenvalue weighted by Crippen LogP contribution is 2.64. The van der Waals surface area contributed by atoms with Gasteiger partial charge in [-0.3, -0.25) is 0 Å². The molecule has 2 nitrogen and oxygen atoms in total. The maximum atomic E-state index is 2.57. The predicted octanol–water partition coefficient (Wildman–Crippen LogP) is 18.9. The molecule has 0 spiro atoms. The lowest BCUT2D eigenvalue weighted by Gasteiger charge is -2.49. The molecule has 0 fully saturated rings. The van der Waals surface area contributed by atoms with Crippen LogP contribution in [0.2, 0.25) is 0 Å². The van der Waals surface area contributed by atoms with Crippen molar-refractivity contribution in [3.8, 4) is 33.4 Å². The second kappa shape index (κ2) is 15.0. The molecule has 362 valence electrons. The van der Waals surface area contributed by atoms with Crippen molar-refractivity contribution in [3.63, 3.8) is 0 Å². The Labute approximate surface area is 442 Å². The van der Waals surface area contributed by atoms with E-state index < -0.39 is 5.41 Å². The van der Waals surface area contributed by atoms with Gasteiger partial charge in [0.2, 0.25) is 0 Å². The van der Waals surface area contributed by atoms with Crippen LogP contribution in [0.4, 0.5) is 34.1 Å². The summed E-state index contributed by atoms with van der Waals surface area (Å²) in [6.45, 7) is 19.4. The third kappa shape index (κ3) is 5.65. The van der Waals surface area contributed by atoms with Crippen molar-refractivity contribution >= 4 is 34.1 Å². The van der Waals surface area contributed by atoms with Gasteiger partial charge in [0.05, 0.1) is 39.5 Å². The molecular weight excluding hydrogens is 905 g/mol. The fourth-order valence-corrected chi connectivity index (χ4v) is 14.9. The van der Waals surface area contributed by atoms with E-state index in [0.717, 1.165) is 0 Å². The molecule has 1 aliphatic carbocycles. The molecule has 10 aromatic rings. The summed E-state index contributed by atoms with van der Waals surface area (Å²) in [5, 5.41) is 0. The Morgan fingerprint density at radius 1 is 0.240 bits per heavy atom. The van der Waals surface area contributed by atoms with E-state index in [1.54, 1.807) is 0 Å². The molecule has 2 heteroatoms. The lowest BCUT2D eigenvalue weighted by atomic mass is 9.65. The van der Waals surface area contributed by atoms with Crippen LogP contribution >= 0.6 is 0 Å². The maximum Gasteiger partial charge on any atom is 0.0713 e. The number of fused-ring (bicyclic) bond motifs is 11. The minimum Gasteiger partial charge on any atom is -0.309 e. The summed E-state index contributed by atoms with van der Waals surface area (Å²) in [5.41, 5.74) is 29.8. The Morgan fingerprint density at radius 3 is 0.813 bits per heavy atom. The zero-order chi connectivity index (χ0) is 51.0. The van der Waals surface area contributed by atoms with Gasteiger partial charge in [-0.05, 0) is 161 Å². The molecule has 0 saturated heterocycles. The molecule has 10 aromatic carbocycles. The zero-order valence-electron chi connectivity index (χ0n) is 44.2. The highest BCUT2D eigenvalue weighted by Gasteiger charge is 2.50. The monoisotopic (exact) mass is 964 g/mol. The van der Waals surface area contributed by atoms with E-state index in [-0.39, 0.29) is 21.7 Å². The molecular formula is C73H60N2. The normalized spacial score (nSPS) is 17.3. The fourth-order valence-electron chi connectivity index (χ4n) is 14.9. The number of hydrogen-bond acceptors (Lipinski definition) is 2. The van der Waals surface area contributed by atoms with E-state index >= 15 is 0 Å². The summed E-state index contributed by atoms with van der Waals surface area (Å²) in [4.78, 5) is 5.13. The average Bonchev–Trinajstić information content (AvgIpc) is 3.83. The molecule has 5 aliphatic rings. The molecule has 0 amide bonds. The minimum absolute atomic E-state index is 0.235. The van der Waals surface area contributed by atoms with Gasteiger partial charge in [0.15, 0.2) is 0 Å². The van der Waals surface area contributed by atoms with E-state index in [2.05, 4.69) is 284 Å². The first-order valence-corrected chi connectivity index (χ1v) is 27.0. The van der Waals surface area contributed by atoms with Gasteiger partial charge in [-0.15, -0.1) is 0 Å². The topological polar surface area (TPSA) is 6.48 Å². The molecule has 0 aromatic heterocycles. The van der Waals surface area contributed by atoms with Gasteiger partial charge < -0.3 is 9.80 Å². The van der Waals surface area contributed by atoms with Crippen LogP contribution in [0.3, 0.4) is 0 Å². The third-order valence-corrected chi connectivity index (χ3v) is 18.9. The summed E-state index contributed by atoms with van der Waals surface area (Å²) < 4.78 is 0. The summed E-state index contributed by atoms with van der Waals surface area (Å²) in [5.74, 6) is 0. The van der Waals surface area contributed by atoms with Crippen LogP contribution in [-0.4, -0.2) is 0 Å². The highest BCUT2D eigenvalue weighted by molar-refractivity contribution is 5.97. The number of hydrogen-bond donors (Lipinski definition) is 0. The van der Waals surface area contributed by atoms with Gasteiger partial charge in [-0.2, -0.15) is 0 Å². The summed E-state index contributed by atoms with van der Waals surface area (Å²) in [7, 11) is 0. The van der Waals surface area contributed by atoms with Gasteiger partial charge >= 0.3 is 0 Å². The molecule has 0 N–H and O–H groups in total. The number of rotatable bonds is 4. The Bertz CT molecular complexity index is 3650. The number of para-hydroxylation sites is 4. The zero-order valence-corrected chi connectivity index (χ0v) is 44.2. The standard InChI is InChI=1S/C73H60N2/c1-69(2)53-27-15-19-31-63(53)74-64-32-20-16-28-54(64)70(3,4)60-42-47(41-59(69)67(60)74)45-35-37-51-52-38-36-46(40-58(52)73(57(51)39-45,49-23-11-9-12-24-49)50-25-13-10-14-26-50)48-43-61-68-62(44-48)72(7,8)56-30-18-22-34-66(56)75(68)65-33-21-17-29-55(65)71(61,5)6/h9-44H,1-8H3. The molecule has 15 rings (SSSR count). The van der Waals surface area contributed by atoms with E-state index in [0.29, 0.717) is 0 Å². The van der Waals surface area contributed by atoms with Crippen molar-refractivity contribution < 1.29 is 0 Å². The molecule has 0 saturated carbocycles. The number of benzene rings is 10. The van der Waals surface area contributed by atoms with Crippen LogP contribution in [0, 0.1) is 0 Å². The Hall–Kier alpha value is -8.20. The van der Waals surface area contributed by atoms with E-state index in [9.17, 15) is 0 Å². The van der Waals surface area contributed by atoms with Crippen molar-refractivity contribution in [2.75, 3.05) is 9.80 Å². The molecule has 0 bridgehead atoms. The van der Waals surface area contributed by atoms with Crippen LogP contribution in [0.5, 0.6) is 0 Å². The van der Waals surface area contributed by atoms with Crippen molar-refractivity contribution in [1.82, 2.24) is 0 Å². The molecule has 0 atom stereocenters. The van der Waals surface area contributed by atoms with Gasteiger partial charge in [-0.25, -0.2) is 0 Å². The van der Waals surface area contributed by atoms with Crippen LogP contribution in [0.15, 0.2) is 218 Å². The molecule has 4 aliphatic heterocycles. The number of anilines is 6. The van der Waals surface area contributed by atoms with Gasteiger partial charge in [-0.1, -0.05) is 213 Å². The van der Waals surface area contributed by atoms with Gasteiger partial charge in [0, 0.05) is 21.7 Å². The minimum atomic E-state index is -0.607. The van der Waals surface area contributed by atoms with Crippen LogP contribution < -0.4 is 9.80 Å². The second-order valence-electron chi connectivity index (χ2n) is 24.1. The SMILES string of the molecule is CC1(C)c2ccccc2N2c3ccccc3C(C)(C)c3cc(-c4ccc5c(c4)C(c4ccccc4)(c4ccccc4)c4cc(-c6cc7c8c(c6)C(C)(C)c6ccccc6N8c6ccccc6C7(C)C)ccc4-5)cc1c32. The van der Waals surface area contributed by atoms with Crippen molar-refractivity contribution in [2.24, 2.45) is 0 Å². The fraction of sp³-hybridized carbons (Fsp3) is 0.178. The lowest BCUT2D eigenvalue weighted by Crippen LogP contribution is -2.38. The first kappa shape index (κ1) is 44.3. The van der Waals surface area contributed by atoms with Crippen molar-refractivity contribution in [2.45, 2.75) is 82.5 Å². The largest absolute Gasteiger partial charge is 0.309 e. The lowest BCUT2D eigenvalue weighted by molar-refractivity contribution is 0.597. The van der Waals surface area contributed by atoms with Crippen LogP contribution in [0.1, 0.15) is 122 Å². The smallest absolute Gasteiger partial charge is 0.0713 e. The highest BCUT2D eigenvalue weighted by atomic mass is 15.2. The Kier molecular flexibility index (Phi) is 8.85. The quantitative estimate of drug-likeness (QED) is 0.173. The average molecular weight is 965 g/mol. The maximum absolute atomic E-state index is 2.57. The van der Waals surface area contributed by atoms with Crippen LogP contribution in [0.25, 0.3) is 33.4 Å². The van der Waals surface area contributed by atoms with Crippen LogP contribution in [-0.2, 0) is 27.1 Å². The third-order valence-electron chi connectivity index (χ3n) is 18.9. The Morgan fingerprint density at radius 2 is 0.507 bits per heavy atom. The van der Waals surface area contributed by atoms with Crippen molar-refractivity contribution in [3.05, 3.63) is 285 Å². The summed E-state index contributed by atoms with van der Waals surface area (Å²) in [6, 6.07) is 83.9. The summed E-state index contributed by atoms with van der Waals surface area (Å²) in [6.07, 6.45) is 0. The summed E-state index contributed by atoms with van der Waals surface area (Å²) >= 11 is 0. The van der Waals surface area contributed by atoms with E-state index in [1.807, 2.05) is 0 Å².